The molecule has 7 atom stereocenters. The predicted molar refractivity (Wildman–Crippen MR) is 291 cm³/mol. The third-order valence-corrected chi connectivity index (χ3v) is 15.2. The van der Waals surface area contributed by atoms with Gasteiger partial charge in [0.05, 0.1) is 25.4 Å². The van der Waals surface area contributed by atoms with Gasteiger partial charge in [-0.15, -0.1) is 0 Å². The molecule has 9 heteroatoms. The summed E-state index contributed by atoms with van der Waals surface area (Å²) in [6, 6.07) is -0.713. The van der Waals surface area contributed by atoms with Crippen molar-refractivity contribution in [2.24, 2.45) is 0 Å². The van der Waals surface area contributed by atoms with E-state index in [1.165, 1.54) is 257 Å². The molecule has 1 aliphatic heterocycles. The van der Waals surface area contributed by atoms with Crippen molar-refractivity contribution in [2.75, 3.05) is 13.2 Å². The van der Waals surface area contributed by atoms with Crippen LogP contribution in [0.25, 0.3) is 0 Å². The summed E-state index contributed by atoms with van der Waals surface area (Å²) in [5, 5.41) is 54.6. The molecule has 1 heterocycles. The van der Waals surface area contributed by atoms with Crippen molar-refractivity contribution in [2.45, 2.75) is 365 Å². The number of rotatable bonds is 54. The number of aliphatic hydroxyl groups excluding tert-OH is 5. The van der Waals surface area contributed by atoms with E-state index in [0.717, 1.165) is 38.5 Å². The summed E-state index contributed by atoms with van der Waals surface area (Å²) in [5.74, 6) is -0.138. The Morgan fingerprint density at radius 2 is 0.725 bits per heavy atom. The number of carbonyl (C=O) groups excluding carboxylic acids is 1. The molecule has 6 N–H and O–H groups in total. The van der Waals surface area contributed by atoms with Crippen LogP contribution in [-0.4, -0.2) is 87.5 Å². The Morgan fingerprint density at radius 3 is 1.03 bits per heavy atom. The first kappa shape index (κ1) is 66.2. The molecule has 0 aromatic heterocycles. The minimum absolute atomic E-state index is 0.131. The van der Waals surface area contributed by atoms with Gasteiger partial charge in [-0.25, -0.2) is 0 Å². The van der Waals surface area contributed by atoms with Gasteiger partial charge < -0.3 is 40.3 Å². The Morgan fingerprint density at radius 1 is 0.435 bits per heavy atom. The average Bonchev–Trinajstić information content (AvgIpc) is 3.35. The molecular weight excluding hydrogens is 863 g/mol. The number of unbranched alkanes of at least 4 members (excludes halogenated alkanes) is 44. The molecule has 0 aromatic rings. The molecule has 0 aromatic carbocycles. The van der Waals surface area contributed by atoms with Gasteiger partial charge in [-0.05, 0) is 12.8 Å². The average molecular weight is 983 g/mol. The van der Waals surface area contributed by atoms with Crippen molar-refractivity contribution in [3.8, 4) is 0 Å². The van der Waals surface area contributed by atoms with Crippen LogP contribution in [0, 0.1) is 0 Å². The standard InChI is InChI=1S/C60H119NO8/c1-3-5-7-9-11-13-15-17-18-19-20-21-22-23-24-25-26-27-28-29-30-31-32-33-34-35-36-38-39-41-43-45-47-49-54(63)53(52-68-60-59(67)58(66)57(65)55(51-62)69-60)61-56(64)50-48-46-44-42-40-37-16-14-12-10-8-6-4-2/h53-55,57-60,62-63,65-67H,3-52H2,1-2H3,(H,61,64). The van der Waals surface area contributed by atoms with E-state index >= 15 is 0 Å². The van der Waals surface area contributed by atoms with Gasteiger partial charge in [-0.1, -0.05) is 303 Å². The zero-order valence-corrected chi connectivity index (χ0v) is 45.9. The zero-order chi connectivity index (χ0) is 50.1. The van der Waals surface area contributed by atoms with Gasteiger partial charge in [0.25, 0.3) is 0 Å². The minimum Gasteiger partial charge on any atom is -0.394 e. The fourth-order valence-corrected chi connectivity index (χ4v) is 10.3. The Labute approximate surface area is 427 Å². The second-order valence-corrected chi connectivity index (χ2v) is 21.9. The molecule has 0 radical (unpaired) electrons. The van der Waals surface area contributed by atoms with Crippen LogP contribution in [0.3, 0.4) is 0 Å². The molecule has 1 saturated heterocycles. The zero-order valence-electron chi connectivity index (χ0n) is 45.9. The minimum atomic E-state index is -1.55. The molecule has 412 valence electrons. The molecule has 1 rings (SSSR count). The summed E-state index contributed by atoms with van der Waals surface area (Å²) in [5.41, 5.74) is 0. The van der Waals surface area contributed by atoms with Gasteiger partial charge in [0.15, 0.2) is 6.29 Å². The first-order chi connectivity index (χ1) is 33.8. The van der Waals surface area contributed by atoms with Crippen molar-refractivity contribution in [1.29, 1.82) is 0 Å². The lowest BCUT2D eigenvalue weighted by Crippen LogP contribution is -2.60. The second kappa shape index (κ2) is 50.7. The van der Waals surface area contributed by atoms with Crippen molar-refractivity contribution in [1.82, 2.24) is 5.32 Å². The lowest BCUT2D eigenvalue weighted by Gasteiger charge is -2.40. The van der Waals surface area contributed by atoms with Gasteiger partial charge in [-0.2, -0.15) is 0 Å². The number of amides is 1. The van der Waals surface area contributed by atoms with Crippen LogP contribution in [0.4, 0.5) is 0 Å². The van der Waals surface area contributed by atoms with Crippen LogP contribution in [0.2, 0.25) is 0 Å². The van der Waals surface area contributed by atoms with Crippen LogP contribution < -0.4 is 5.32 Å². The lowest BCUT2D eigenvalue weighted by molar-refractivity contribution is -0.302. The Kier molecular flexibility index (Phi) is 48.7. The number of hydrogen-bond donors (Lipinski definition) is 6. The monoisotopic (exact) mass is 982 g/mol. The van der Waals surface area contributed by atoms with Crippen LogP contribution in [0.5, 0.6) is 0 Å². The van der Waals surface area contributed by atoms with E-state index in [1.807, 2.05) is 0 Å². The Bertz CT molecular complexity index is 1050. The maximum absolute atomic E-state index is 13.0. The molecule has 1 fully saturated rings. The fourth-order valence-electron chi connectivity index (χ4n) is 10.3. The molecule has 1 amide bonds. The van der Waals surface area contributed by atoms with Gasteiger partial charge >= 0.3 is 0 Å². The van der Waals surface area contributed by atoms with Crippen molar-refractivity contribution >= 4 is 5.91 Å². The number of nitrogens with one attached hydrogen (secondary N) is 1. The van der Waals surface area contributed by atoms with Crippen molar-refractivity contribution in [3.63, 3.8) is 0 Å². The topological polar surface area (TPSA) is 149 Å². The Hall–Kier alpha value is -0.810. The maximum Gasteiger partial charge on any atom is 0.220 e. The normalized spacial score (nSPS) is 19.3. The number of hydrogen-bond acceptors (Lipinski definition) is 8. The van der Waals surface area contributed by atoms with Crippen LogP contribution in [0.1, 0.15) is 322 Å². The third-order valence-electron chi connectivity index (χ3n) is 15.2. The van der Waals surface area contributed by atoms with Crippen LogP contribution >= 0.6 is 0 Å². The summed E-state index contributed by atoms with van der Waals surface area (Å²) in [6.45, 7) is 3.88. The molecule has 0 aliphatic carbocycles. The highest BCUT2D eigenvalue weighted by molar-refractivity contribution is 5.76. The predicted octanol–water partition coefficient (Wildman–Crippen LogP) is 15.4. The largest absolute Gasteiger partial charge is 0.394 e. The summed E-state index contributed by atoms with van der Waals surface area (Å²) < 4.78 is 11.3. The lowest BCUT2D eigenvalue weighted by atomic mass is 9.99. The smallest absolute Gasteiger partial charge is 0.220 e. The summed E-state index contributed by atoms with van der Waals surface area (Å²) in [4.78, 5) is 13.0. The van der Waals surface area contributed by atoms with Gasteiger partial charge in [-0.3, -0.25) is 4.79 Å². The SMILES string of the molecule is CCCCCCCCCCCCCCCCCCCCCCCCCCCCCCCCCCCC(O)C(COC1OC(CO)C(O)C(O)C1O)NC(=O)CCCCCCCCCCCCCCC. The highest BCUT2D eigenvalue weighted by Crippen LogP contribution is 2.24. The van der Waals surface area contributed by atoms with Gasteiger partial charge in [0.2, 0.25) is 5.91 Å². The molecule has 9 nitrogen and oxygen atoms in total. The van der Waals surface area contributed by atoms with E-state index in [2.05, 4.69) is 19.2 Å². The summed E-state index contributed by atoms with van der Waals surface area (Å²) in [6.07, 6.45) is 54.5. The summed E-state index contributed by atoms with van der Waals surface area (Å²) >= 11 is 0. The summed E-state index contributed by atoms with van der Waals surface area (Å²) in [7, 11) is 0. The van der Waals surface area contributed by atoms with E-state index in [1.54, 1.807) is 0 Å². The van der Waals surface area contributed by atoms with E-state index in [-0.39, 0.29) is 12.5 Å². The number of carbonyl (C=O) groups is 1. The first-order valence-corrected chi connectivity index (χ1v) is 30.7. The van der Waals surface area contributed by atoms with Crippen molar-refractivity contribution < 1.29 is 39.8 Å². The van der Waals surface area contributed by atoms with E-state index in [0.29, 0.717) is 12.8 Å². The number of ether oxygens (including phenoxy) is 2. The quantitative estimate of drug-likeness (QED) is 0.0330. The molecule has 7 unspecified atom stereocenters. The molecule has 1 aliphatic rings. The first-order valence-electron chi connectivity index (χ1n) is 30.7. The third kappa shape index (κ3) is 40.3. The molecule has 0 saturated carbocycles. The highest BCUT2D eigenvalue weighted by Gasteiger charge is 2.44. The van der Waals surface area contributed by atoms with E-state index in [4.69, 9.17) is 9.47 Å². The maximum atomic E-state index is 13.0. The molecule has 0 bridgehead atoms. The fraction of sp³-hybridized carbons (Fsp3) is 0.983. The molecule has 0 spiro atoms. The van der Waals surface area contributed by atoms with Gasteiger partial charge in [0.1, 0.15) is 24.4 Å². The van der Waals surface area contributed by atoms with Crippen LogP contribution in [-0.2, 0) is 14.3 Å². The Balaban J connectivity index is 2.07. The van der Waals surface area contributed by atoms with Gasteiger partial charge in [0, 0.05) is 6.42 Å². The highest BCUT2D eigenvalue weighted by atomic mass is 16.7. The van der Waals surface area contributed by atoms with Crippen LogP contribution in [0.15, 0.2) is 0 Å². The molecule has 69 heavy (non-hydrogen) atoms. The van der Waals surface area contributed by atoms with E-state index < -0.39 is 49.5 Å². The van der Waals surface area contributed by atoms with Crippen molar-refractivity contribution in [3.05, 3.63) is 0 Å². The number of aliphatic hydroxyl groups is 5. The molecular formula is C60H119NO8. The van der Waals surface area contributed by atoms with E-state index in [9.17, 15) is 30.3 Å². The second-order valence-electron chi connectivity index (χ2n) is 21.9.